The van der Waals surface area contributed by atoms with Gasteiger partial charge in [0.25, 0.3) is 11.6 Å². The van der Waals surface area contributed by atoms with E-state index in [0.717, 1.165) is 5.69 Å². The molecular formula is C16H17N3O3S. The molecule has 0 saturated heterocycles. The summed E-state index contributed by atoms with van der Waals surface area (Å²) in [6.07, 6.45) is 6.11. The number of carbonyl (C=O) groups excluding carboxylic acids is 1. The van der Waals surface area contributed by atoms with Gasteiger partial charge in [-0.25, -0.2) is 4.98 Å². The molecule has 0 bridgehead atoms. The van der Waals surface area contributed by atoms with E-state index in [9.17, 15) is 14.9 Å². The molecule has 1 aromatic carbocycles. The molecule has 120 valence electrons. The molecule has 0 atom stereocenters. The standard InChI is InChI=1S/C16H17N3O3S/c20-15(12-6-8-13(9-7-12)19(21)22)18-16-17-14(10-23-16)11-4-2-1-3-5-11/h6-11H,1-5H2,(H,17,18,20). The number of carbonyl (C=O) groups is 1. The number of nitro groups is 1. The number of anilines is 1. The van der Waals surface area contributed by atoms with Crippen molar-refractivity contribution in [2.45, 2.75) is 38.0 Å². The lowest BCUT2D eigenvalue weighted by molar-refractivity contribution is -0.384. The molecule has 23 heavy (non-hydrogen) atoms. The van der Waals surface area contributed by atoms with Gasteiger partial charge in [0, 0.05) is 29.0 Å². The Balaban J connectivity index is 1.65. The maximum absolute atomic E-state index is 12.2. The van der Waals surface area contributed by atoms with Gasteiger partial charge in [0.2, 0.25) is 0 Å². The van der Waals surface area contributed by atoms with Gasteiger partial charge in [-0.05, 0) is 25.0 Å². The first kappa shape index (κ1) is 15.6. The van der Waals surface area contributed by atoms with Gasteiger partial charge < -0.3 is 0 Å². The molecule has 1 N–H and O–H groups in total. The summed E-state index contributed by atoms with van der Waals surface area (Å²) >= 11 is 1.42. The fourth-order valence-corrected chi connectivity index (χ4v) is 3.62. The molecule has 1 heterocycles. The topological polar surface area (TPSA) is 85.1 Å². The first-order valence-electron chi connectivity index (χ1n) is 7.65. The zero-order valence-electron chi connectivity index (χ0n) is 12.5. The smallest absolute Gasteiger partial charge is 0.269 e. The normalized spacial score (nSPS) is 15.3. The van der Waals surface area contributed by atoms with Gasteiger partial charge in [-0.3, -0.25) is 20.2 Å². The first-order valence-corrected chi connectivity index (χ1v) is 8.52. The first-order chi connectivity index (χ1) is 11.1. The van der Waals surface area contributed by atoms with Crippen molar-refractivity contribution >= 4 is 28.1 Å². The Morgan fingerprint density at radius 1 is 1.22 bits per heavy atom. The van der Waals surface area contributed by atoms with E-state index in [0.29, 0.717) is 16.6 Å². The number of nitrogens with one attached hydrogen (secondary N) is 1. The summed E-state index contributed by atoms with van der Waals surface area (Å²) in [6, 6.07) is 5.54. The molecule has 1 aliphatic carbocycles. The monoisotopic (exact) mass is 331 g/mol. The minimum absolute atomic E-state index is 0.0321. The van der Waals surface area contributed by atoms with E-state index in [4.69, 9.17) is 0 Å². The van der Waals surface area contributed by atoms with Gasteiger partial charge in [0.1, 0.15) is 0 Å². The van der Waals surface area contributed by atoms with Gasteiger partial charge in [0.05, 0.1) is 10.6 Å². The van der Waals surface area contributed by atoms with Crippen LogP contribution in [0, 0.1) is 10.1 Å². The van der Waals surface area contributed by atoms with E-state index in [1.165, 1.54) is 67.7 Å². The number of hydrogen-bond acceptors (Lipinski definition) is 5. The largest absolute Gasteiger partial charge is 0.298 e. The van der Waals surface area contributed by atoms with Crippen molar-refractivity contribution < 1.29 is 9.72 Å². The molecule has 7 heteroatoms. The number of amides is 1. The highest BCUT2D eigenvalue weighted by molar-refractivity contribution is 7.14. The van der Waals surface area contributed by atoms with Crippen LogP contribution in [-0.2, 0) is 0 Å². The van der Waals surface area contributed by atoms with Crippen LogP contribution in [0.15, 0.2) is 29.6 Å². The second kappa shape index (κ2) is 6.87. The summed E-state index contributed by atoms with van der Waals surface area (Å²) in [5.41, 5.74) is 1.41. The van der Waals surface area contributed by atoms with Crippen LogP contribution in [-0.4, -0.2) is 15.8 Å². The zero-order valence-corrected chi connectivity index (χ0v) is 13.3. The van der Waals surface area contributed by atoms with E-state index in [1.807, 2.05) is 5.38 Å². The Labute approximate surface area is 137 Å². The lowest BCUT2D eigenvalue weighted by atomic mass is 9.87. The molecule has 1 aliphatic rings. The number of aromatic nitrogens is 1. The molecule has 0 aliphatic heterocycles. The molecule has 0 spiro atoms. The van der Waals surface area contributed by atoms with Crippen molar-refractivity contribution in [3.63, 3.8) is 0 Å². The van der Waals surface area contributed by atoms with Crippen LogP contribution in [0.5, 0.6) is 0 Å². The molecule has 0 radical (unpaired) electrons. The number of rotatable bonds is 4. The van der Waals surface area contributed by atoms with Crippen LogP contribution in [0.25, 0.3) is 0 Å². The molecule has 1 aromatic heterocycles. The molecule has 1 saturated carbocycles. The maximum Gasteiger partial charge on any atom is 0.269 e. The van der Waals surface area contributed by atoms with Crippen LogP contribution < -0.4 is 5.32 Å². The van der Waals surface area contributed by atoms with Crippen molar-refractivity contribution in [3.05, 3.63) is 51.0 Å². The van der Waals surface area contributed by atoms with Gasteiger partial charge in [-0.15, -0.1) is 11.3 Å². The van der Waals surface area contributed by atoms with Crippen LogP contribution in [0.4, 0.5) is 10.8 Å². The van der Waals surface area contributed by atoms with E-state index in [-0.39, 0.29) is 11.6 Å². The summed E-state index contributed by atoms with van der Waals surface area (Å²) in [7, 11) is 0. The molecule has 1 amide bonds. The van der Waals surface area contributed by atoms with Crippen molar-refractivity contribution in [2.24, 2.45) is 0 Å². The number of hydrogen-bond donors (Lipinski definition) is 1. The summed E-state index contributed by atoms with van der Waals surface area (Å²) in [5, 5.41) is 16.0. The third kappa shape index (κ3) is 3.73. The Kier molecular flexibility index (Phi) is 4.66. The number of benzene rings is 1. The van der Waals surface area contributed by atoms with Gasteiger partial charge in [-0.2, -0.15) is 0 Å². The van der Waals surface area contributed by atoms with Crippen LogP contribution >= 0.6 is 11.3 Å². The van der Waals surface area contributed by atoms with E-state index < -0.39 is 4.92 Å². The Hall–Kier alpha value is -2.28. The molecule has 1 fully saturated rings. The molecule has 6 nitrogen and oxygen atoms in total. The summed E-state index contributed by atoms with van der Waals surface area (Å²) in [5.74, 6) is 0.203. The second-order valence-corrected chi connectivity index (χ2v) is 6.53. The highest BCUT2D eigenvalue weighted by atomic mass is 32.1. The molecule has 2 aromatic rings. The Morgan fingerprint density at radius 2 is 1.91 bits per heavy atom. The van der Waals surface area contributed by atoms with Crippen LogP contribution in [0.2, 0.25) is 0 Å². The number of nitro benzene ring substituents is 1. The highest BCUT2D eigenvalue weighted by Gasteiger charge is 2.19. The van der Waals surface area contributed by atoms with E-state index in [2.05, 4.69) is 10.3 Å². The lowest BCUT2D eigenvalue weighted by Gasteiger charge is -2.19. The number of nitrogens with zero attached hydrogens (tertiary/aromatic N) is 2. The SMILES string of the molecule is O=C(Nc1nc(C2CCCCC2)cs1)c1ccc([N+](=O)[O-])cc1. The summed E-state index contributed by atoms with van der Waals surface area (Å²) < 4.78 is 0. The Bertz CT molecular complexity index is 706. The molecular weight excluding hydrogens is 314 g/mol. The number of non-ortho nitro benzene ring substituents is 1. The molecule has 0 unspecified atom stereocenters. The van der Waals surface area contributed by atoms with Crippen LogP contribution in [0.3, 0.4) is 0 Å². The van der Waals surface area contributed by atoms with Crippen LogP contribution in [0.1, 0.15) is 54.1 Å². The quantitative estimate of drug-likeness (QED) is 0.666. The summed E-state index contributed by atoms with van der Waals surface area (Å²) in [6.45, 7) is 0. The van der Waals surface area contributed by atoms with Crippen molar-refractivity contribution in [1.29, 1.82) is 0 Å². The average Bonchev–Trinajstić information content (AvgIpc) is 3.04. The Morgan fingerprint density at radius 3 is 2.57 bits per heavy atom. The average molecular weight is 331 g/mol. The second-order valence-electron chi connectivity index (χ2n) is 5.67. The minimum Gasteiger partial charge on any atom is -0.298 e. The fourth-order valence-electron chi connectivity index (χ4n) is 2.83. The van der Waals surface area contributed by atoms with Crippen molar-refractivity contribution in [2.75, 3.05) is 5.32 Å². The predicted octanol–water partition coefficient (Wildman–Crippen LogP) is 4.35. The highest BCUT2D eigenvalue weighted by Crippen LogP contribution is 2.34. The molecule has 3 rings (SSSR count). The number of thiazole rings is 1. The van der Waals surface area contributed by atoms with Crippen molar-refractivity contribution in [3.8, 4) is 0 Å². The van der Waals surface area contributed by atoms with E-state index in [1.54, 1.807) is 0 Å². The summed E-state index contributed by atoms with van der Waals surface area (Å²) in [4.78, 5) is 26.8. The fraction of sp³-hybridized carbons (Fsp3) is 0.375. The zero-order chi connectivity index (χ0) is 16.2. The third-order valence-corrected chi connectivity index (χ3v) is 4.88. The van der Waals surface area contributed by atoms with E-state index >= 15 is 0 Å². The lowest BCUT2D eigenvalue weighted by Crippen LogP contribution is -2.12. The minimum atomic E-state index is -0.487. The van der Waals surface area contributed by atoms with Gasteiger partial charge in [0.15, 0.2) is 5.13 Å². The van der Waals surface area contributed by atoms with Gasteiger partial charge in [-0.1, -0.05) is 19.3 Å². The van der Waals surface area contributed by atoms with Gasteiger partial charge >= 0.3 is 0 Å². The maximum atomic E-state index is 12.2. The van der Waals surface area contributed by atoms with Crippen molar-refractivity contribution in [1.82, 2.24) is 4.98 Å². The third-order valence-electron chi connectivity index (χ3n) is 4.11. The predicted molar refractivity (Wildman–Crippen MR) is 89.0 cm³/mol.